The number of nitrogens with one attached hydrogen (secondary N) is 1. The number of carbonyl (C=O) groups is 1. The molecule has 1 aliphatic rings. The Morgan fingerprint density at radius 1 is 1.22 bits per heavy atom. The second-order valence-electron chi connectivity index (χ2n) is 4.90. The summed E-state index contributed by atoms with van der Waals surface area (Å²) >= 11 is 0. The van der Waals surface area contributed by atoms with Crippen LogP contribution in [0, 0.1) is 0 Å². The minimum atomic E-state index is -5.07. The van der Waals surface area contributed by atoms with Crippen molar-refractivity contribution >= 4 is 5.91 Å². The fraction of sp³-hybridized carbons (Fsp3) is 0.357. The van der Waals surface area contributed by atoms with Crippen molar-refractivity contribution in [3.05, 3.63) is 35.5 Å². The molecular weight excluding hydrogens is 317 g/mol. The second kappa shape index (κ2) is 5.65. The molecule has 0 bridgehead atoms. The van der Waals surface area contributed by atoms with E-state index in [1.807, 2.05) is 0 Å². The molecule has 0 saturated heterocycles. The van der Waals surface area contributed by atoms with Gasteiger partial charge in [-0.15, -0.1) is 0 Å². The molecule has 1 aromatic carbocycles. The number of hydrogen-bond donors (Lipinski definition) is 2. The maximum absolute atomic E-state index is 13.2. The van der Waals surface area contributed by atoms with Crippen LogP contribution in [0.15, 0.2) is 30.0 Å². The van der Waals surface area contributed by atoms with Crippen molar-refractivity contribution in [3.8, 4) is 11.5 Å². The van der Waals surface area contributed by atoms with Crippen LogP contribution >= 0.6 is 0 Å². The molecule has 0 aliphatic carbocycles. The molecule has 1 amide bonds. The highest BCUT2D eigenvalue weighted by molar-refractivity contribution is 5.95. The first-order chi connectivity index (χ1) is 10.6. The molecule has 1 atom stereocenters. The van der Waals surface area contributed by atoms with E-state index in [4.69, 9.17) is 9.47 Å². The molecule has 1 heterocycles. The van der Waals surface area contributed by atoms with Gasteiger partial charge in [-0.3, -0.25) is 10.2 Å². The quantitative estimate of drug-likeness (QED) is 0.883. The van der Waals surface area contributed by atoms with E-state index in [0.29, 0.717) is 6.08 Å². The third-order valence-electron chi connectivity index (χ3n) is 3.27. The van der Waals surface area contributed by atoms with E-state index in [1.165, 1.54) is 39.3 Å². The summed E-state index contributed by atoms with van der Waals surface area (Å²) in [4.78, 5) is 12.5. The summed E-state index contributed by atoms with van der Waals surface area (Å²) < 4.78 is 49.4. The van der Waals surface area contributed by atoms with Crippen LogP contribution in [-0.4, -0.2) is 42.1 Å². The maximum Gasteiger partial charge on any atom is 0.442 e. The molecule has 1 aromatic rings. The largest absolute Gasteiger partial charge is 0.497 e. The average molecular weight is 332 g/mol. The van der Waals surface area contributed by atoms with Crippen LogP contribution in [0.2, 0.25) is 0 Å². The standard InChI is InChI=1S/C14H15F3N2O4/c1-8-7-13(21,14(15,16)17)19(18-8)12(20)9-4-10(22-2)6-11(5-9)23-3/h4-7,18,21H,1-3H3. The highest BCUT2D eigenvalue weighted by Gasteiger charge is 2.61. The fourth-order valence-corrected chi connectivity index (χ4v) is 2.13. The van der Waals surface area contributed by atoms with Crippen molar-refractivity contribution in [1.29, 1.82) is 0 Å². The normalized spacial score (nSPS) is 20.8. The number of benzene rings is 1. The topological polar surface area (TPSA) is 71.0 Å². The van der Waals surface area contributed by atoms with Crippen LogP contribution in [0.4, 0.5) is 13.2 Å². The molecule has 0 radical (unpaired) electrons. The average Bonchev–Trinajstić information content (AvgIpc) is 2.81. The van der Waals surface area contributed by atoms with E-state index in [-0.39, 0.29) is 27.8 Å². The number of methoxy groups -OCH3 is 2. The minimum Gasteiger partial charge on any atom is -0.497 e. The van der Waals surface area contributed by atoms with Gasteiger partial charge in [0.25, 0.3) is 11.6 Å². The first kappa shape index (κ1) is 16.9. The molecule has 1 unspecified atom stereocenters. The van der Waals surface area contributed by atoms with Gasteiger partial charge in [-0.25, -0.2) is 5.01 Å². The van der Waals surface area contributed by atoms with E-state index >= 15 is 0 Å². The van der Waals surface area contributed by atoms with Gasteiger partial charge in [-0.2, -0.15) is 13.2 Å². The predicted octanol–water partition coefficient (Wildman–Crippen LogP) is 1.82. The van der Waals surface area contributed by atoms with Crippen molar-refractivity contribution in [2.75, 3.05) is 14.2 Å². The number of rotatable bonds is 3. The summed E-state index contributed by atoms with van der Waals surface area (Å²) in [7, 11) is 2.68. The van der Waals surface area contributed by atoms with Crippen LogP contribution in [0.3, 0.4) is 0 Å². The molecule has 0 fully saturated rings. The number of carbonyl (C=O) groups excluding carboxylic acids is 1. The van der Waals surface area contributed by atoms with Gasteiger partial charge < -0.3 is 14.6 Å². The van der Waals surface area contributed by atoms with Crippen LogP contribution in [-0.2, 0) is 0 Å². The lowest BCUT2D eigenvalue weighted by molar-refractivity contribution is -0.283. The zero-order chi connectivity index (χ0) is 17.4. The Balaban J connectivity index is 2.44. The summed E-state index contributed by atoms with van der Waals surface area (Å²) in [6.07, 6.45) is -4.54. The number of nitrogens with zero attached hydrogens (tertiary/aromatic N) is 1. The van der Waals surface area contributed by atoms with Gasteiger partial charge in [-0.05, 0) is 25.1 Å². The van der Waals surface area contributed by atoms with E-state index < -0.39 is 17.8 Å². The molecule has 6 nitrogen and oxygen atoms in total. The Labute approximate surface area is 130 Å². The molecule has 0 aromatic heterocycles. The summed E-state index contributed by atoms with van der Waals surface area (Å²) in [5.74, 6) is -0.630. The van der Waals surface area contributed by atoms with Gasteiger partial charge in [0.15, 0.2) is 0 Å². The number of hydrazine groups is 1. The number of allylic oxidation sites excluding steroid dienone is 1. The highest BCUT2D eigenvalue weighted by atomic mass is 19.4. The Hall–Kier alpha value is -2.42. The van der Waals surface area contributed by atoms with Crippen LogP contribution < -0.4 is 14.9 Å². The Morgan fingerprint density at radius 3 is 2.17 bits per heavy atom. The van der Waals surface area contributed by atoms with E-state index in [2.05, 4.69) is 5.43 Å². The number of halogens is 3. The Bertz CT molecular complexity index is 638. The monoisotopic (exact) mass is 332 g/mol. The molecular formula is C14H15F3N2O4. The number of aliphatic hydroxyl groups is 1. The highest BCUT2D eigenvalue weighted by Crippen LogP contribution is 2.38. The van der Waals surface area contributed by atoms with Gasteiger partial charge in [0.05, 0.1) is 14.2 Å². The molecule has 2 N–H and O–H groups in total. The molecule has 9 heteroatoms. The van der Waals surface area contributed by atoms with Crippen molar-refractivity contribution < 1.29 is 32.5 Å². The SMILES string of the molecule is COc1cc(OC)cc(C(=O)N2NC(C)=CC2(O)C(F)(F)F)c1. The third-order valence-corrected chi connectivity index (χ3v) is 3.27. The van der Waals surface area contributed by atoms with Gasteiger partial charge in [0.1, 0.15) is 11.5 Å². The molecule has 126 valence electrons. The summed E-state index contributed by atoms with van der Waals surface area (Å²) in [6.45, 7) is 1.30. The Kier molecular flexibility index (Phi) is 4.16. The van der Waals surface area contributed by atoms with Crippen molar-refractivity contribution in [2.24, 2.45) is 0 Å². The second-order valence-corrected chi connectivity index (χ2v) is 4.90. The first-order valence-electron chi connectivity index (χ1n) is 6.45. The van der Waals surface area contributed by atoms with E-state index in [0.717, 1.165) is 0 Å². The minimum absolute atomic E-state index is 0.00645. The first-order valence-corrected chi connectivity index (χ1v) is 6.45. The summed E-state index contributed by atoms with van der Waals surface area (Å²) in [6, 6.07) is 3.96. The van der Waals surface area contributed by atoms with Gasteiger partial charge in [-0.1, -0.05) is 0 Å². The zero-order valence-corrected chi connectivity index (χ0v) is 12.6. The Morgan fingerprint density at radius 2 is 1.74 bits per heavy atom. The third kappa shape index (κ3) is 2.91. The molecule has 1 aliphatic heterocycles. The summed E-state index contributed by atoms with van der Waals surface area (Å²) in [5, 5.41) is 10.0. The van der Waals surface area contributed by atoms with Gasteiger partial charge in [0.2, 0.25) is 0 Å². The predicted molar refractivity (Wildman–Crippen MR) is 73.6 cm³/mol. The molecule has 0 saturated carbocycles. The lowest BCUT2D eigenvalue weighted by atomic mass is 10.1. The number of hydrogen-bond acceptors (Lipinski definition) is 5. The lowest BCUT2D eigenvalue weighted by Crippen LogP contribution is -2.60. The van der Waals surface area contributed by atoms with Crippen LogP contribution in [0.25, 0.3) is 0 Å². The molecule has 0 spiro atoms. The molecule has 23 heavy (non-hydrogen) atoms. The van der Waals surface area contributed by atoms with Gasteiger partial charge >= 0.3 is 6.18 Å². The van der Waals surface area contributed by atoms with Gasteiger partial charge in [0, 0.05) is 17.3 Å². The summed E-state index contributed by atoms with van der Waals surface area (Å²) in [5.41, 5.74) is -1.37. The molecule has 2 rings (SSSR count). The van der Waals surface area contributed by atoms with Crippen LogP contribution in [0.5, 0.6) is 11.5 Å². The fourth-order valence-electron chi connectivity index (χ4n) is 2.13. The number of amides is 1. The lowest BCUT2D eigenvalue weighted by Gasteiger charge is -2.33. The number of alkyl halides is 3. The van der Waals surface area contributed by atoms with Crippen molar-refractivity contribution in [3.63, 3.8) is 0 Å². The maximum atomic E-state index is 13.2. The van der Waals surface area contributed by atoms with Crippen LogP contribution in [0.1, 0.15) is 17.3 Å². The zero-order valence-electron chi connectivity index (χ0n) is 12.6. The number of ether oxygens (including phenoxy) is 2. The van der Waals surface area contributed by atoms with Crippen molar-refractivity contribution in [1.82, 2.24) is 10.4 Å². The van der Waals surface area contributed by atoms with E-state index in [9.17, 15) is 23.1 Å². The van der Waals surface area contributed by atoms with E-state index in [1.54, 1.807) is 0 Å². The smallest absolute Gasteiger partial charge is 0.442 e. The van der Waals surface area contributed by atoms with Crippen molar-refractivity contribution in [2.45, 2.75) is 18.8 Å².